The van der Waals surface area contributed by atoms with Crippen LogP contribution >= 0.6 is 0 Å². The molecule has 17 heavy (non-hydrogen) atoms. The van der Waals surface area contributed by atoms with Gasteiger partial charge in [-0.3, -0.25) is 14.7 Å². The van der Waals surface area contributed by atoms with E-state index in [0.717, 1.165) is 5.69 Å². The number of carboxylic acid groups (broad SMARTS) is 1. The van der Waals surface area contributed by atoms with E-state index in [1.807, 2.05) is 0 Å². The number of carbonyl (C=O) groups is 2. The quantitative estimate of drug-likeness (QED) is 0.687. The third kappa shape index (κ3) is 5.14. The van der Waals surface area contributed by atoms with Crippen molar-refractivity contribution in [2.45, 2.75) is 33.2 Å². The summed E-state index contributed by atoms with van der Waals surface area (Å²) in [6.45, 7) is 3.90. The van der Waals surface area contributed by atoms with Gasteiger partial charge in [-0.15, -0.1) is 0 Å². The van der Waals surface area contributed by atoms with Crippen molar-refractivity contribution in [1.82, 2.24) is 15.5 Å². The Bertz CT molecular complexity index is 385. The van der Waals surface area contributed by atoms with Gasteiger partial charge in [-0.05, 0) is 11.5 Å². The lowest BCUT2D eigenvalue weighted by molar-refractivity contribution is -0.139. The van der Waals surface area contributed by atoms with Crippen LogP contribution in [0.3, 0.4) is 0 Å². The average Bonchev–Trinajstić information content (AvgIpc) is 2.63. The molecule has 0 saturated carbocycles. The van der Waals surface area contributed by atoms with Crippen LogP contribution in [0, 0.1) is 5.41 Å². The van der Waals surface area contributed by atoms with Gasteiger partial charge in [-0.2, -0.15) is 5.10 Å². The Morgan fingerprint density at radius 2 is 2.18 bits per heavy atom. The molecule has 1 rings (SSSR count). The van der Waals surface area contributed by atoms with Crippen molar-refractivity contribution in [2.75, 3.05) is 0 Å². The van der Waals surface area contributed by atoms with Gasteiger partial charge in [-0.25, -0.2) is 0 Å². The molecular weight excluding hydrogens is 222 g/mol. The molecule has 1 aromatic heterocycles. The highest BCUT2D eigenvalue weighted by atomic mass is 16.4. The van der Waals surface area contributed by atoms with Crippen molar-refractivity contribution in [3.8, 4) is 0 Å². The largest absolute Gasteiger partial charge is 0.481 e. The van der Waals surface area contributed by atoms with E-state index in [1.165, 1.54) is 0 Å². The number of hydrogen-bond acceptors (Lipinski definition) is 3. The third-order valence-electron chi connectivity index (χ3n) is 2.30. The van der Waals surface area contributed by atoms with Crippen LogP contribution in [-0.2, 0) is 16.1 Å². The van der Waals surface area contributed by atoms with Crippen molar-refractivity contribution in [2.24, 2.45) is 5.41 Å². The van der Waals surface area contributed by atoms with E-state index in [1.54, 1.807) is 26.1 Å². The van der Waals surface area contributed by atoms with Gasteiger partial charge < -0.3 is 10.4 Å². The SMILES string of the molecule is CC(C)(CC(=O)O)CC(=O)NCc1ccn[nH]1. The van der Waals surface area contributed by atoms with E-state index in [9.17, 15) is 9.59 Å². The summed E-state index contributed by atoms with van der Waals surface area (Å²) < 4.78 is 0. The number of carboxylic acids is 1. The predicted octanol–water partition coefficient (Wildman–Crippen LogP) is 0.917. The Kier molecular flexibility index (Phi) is 4.25. The van der Waals surface area contributed by atoms with Crippen LogP contribution in [0.15, 0.2) is 12.3 Å². The van der Waals surface area contributed by atoms with E-state index in [-0.39, 0.29) is 18.7 Å². The molecule has 0 radical (unpaired) electrons. The van der Waals surface area contributed by atoms with Gasteiger partial charge in [0.1, 0.15) is 0 Å². The van der Waals surface area contributed by atoms with E-state index in [2.05, 4.69) is 15.5 Å². The first-order valence-electron chi connectivity index (χ1n) is 5.36. The zero-order valence-corrected chi connectivity index (χ0v) is 9.99. The standard InChI is InChI=1S/C11H17N3O3/c1-11(2,6-10(16)17)5-9(15)12-7-8-3-4-13-14-8/h3-4H,5-7H2,1-2H3,(H,12,15)(H,13,14)(H,16,17). The van der Waals surface area contributed by atoms with Gasteiger partial charge >= 0.3 is 5.97 Å². The van der Waals surface area contributed by atoms with Gasteiger partial charge in [0.2, 0.25) is 5.91 Å². The molecule has 94 valence electrons. The Morgan fingerprint density at radius 3 is 2.71 bits per heavy atom. The number of aromatic amines is 1. The molecule has 1 amide bonds. The van der Waals surface area contributed by atoms with Crippen LogP contribution in [0.2, 0.25) is 0 Å². The molecule has 0 aromatic carbocycles. The number of rotatable bonds is 6. The van der Waals surface area contributed by atoms with Crippen LogP contribution in [-0.4, -0.2) is 27.2 Å². The second-order valence-corrected chi connectivity index (χ2v) is 4.77. The lowest BCUT2D eigenvalue weighted by Crippen LogP contribution is -2.29. The predicted molar refractivity (Wildman–Crippen MR) is 61.1 cm³/mol. The Morgan fingerprint density at radius 1 is 1.47 bits per heavy atom. The monoisotopic (exact) mass is 239 g/mol. The fourth-order valence-electron chi connectivity index (χ4n) is 1.55. The number of nitrogens with zero attached hydrogens (tertiary/aromatic N) is 1. The third-order valence-corrected chi connectivity index (χ3v) is 2.30. The number of aliphatic carboxylic acids is 1. The fourth-order valence-corrected chi connectivity index (χ4v) is 1.55. The first kappa shape index (κ1) is 13.2. The van der Waals surface area contributed by atoms with Crippen LogP contribution in [0.5, 0.6) is 0 Å². The lowest BCUT2D eigenvalue weighted by atomic mass is 9.85. The van der Waals surface area contributed by atoms with Crippen molar-refractivity contribution >= 4 is 11.9 Å². The normalized spacial score (nSPS) is 11.2. The summed E-state index contributed by atoms with van der Waals surface area (Å²) in [6.07, 6.45) is 1.77. The molecule has 0 saturated heterocycles. The second-order valence-electron chi connectivity index (χ2n) is 4.77. The molecule has 0 bridgehead atoms. The van der Waals surface area contributed by atoms with Crippen LogP contribution in [0.4, 0.5) is 0 Å². The van der Waals surface area contributed by atoms with Crippen LogP contribution < -0.4 is 5.32 Å². The number of nitrogens with one attached hydrogen (secondary N) is 2. The van der Waals surface area contributed by atoms with Gasteiger partial charge in [0.25, 0.3) is 0 Å². The fraction of sp³-hybridized carbons (Fsp3) is 0.545. The summed E-state index contributed by atoms with van der Waals surface area (Å²) in [4.78, 5) is 22.2. The molecule has 1 aromatic rings. The van der Waals surface area contributed by atoms with Crippen molar-refractivity contribution in [3.63, 3.8) is 0 Å². The smallest absolute Gasteiger partial charge is 0.303 e. The summed E-state index contributed by atoms with van der Waals surface area (Å²) in [7, 11) is 0. The minimum Gasteiger partial charge on any atom is -0.481 e. The van der Waals surface area contributed by atoms with E-state index in [0.29, 0.717) is 6.54 Å². The number of hydrogen-bond donors (Lipinski definition) is 3. The number of amides is 1. The molecule has 0 spiro atoms. The number of H-pyrrole nitrogens is 1. The lowest BCUT2D eigenvalue weighted by Gasteiger charge is -2.21. The average molecular weight is 239 g/mol. The van der Waals surface area contributed by atoms with Gasteiger partial charge in [0.05, 0.1) is 18.7 Å². The maximum Gasteiger partial charge on any atom is 0.303 e. The second kappa shape index (κ2) is 5.47. The topological polar surface area (TPSA) is 95.1 Å². The van der Waals surface area contributed by atoms with Crippen LogP contribution in [0.25, 0.3) is 0 Å². The maximum atomic E-state index is 11.6. The Hall–Kier alpha value is -1.85. The minimum atomic E-state index is -0.892. The summed E-state index contributed by atoms with van der Waals surface area (Å²) >= 11 is 0. The zero-order valence-electron chi connectivity index (χ0n) is 9.99. The summed E-state index contributed by atoms with van der Waals surface area (Å²) in [5.41, 5.74) is 0.276. The zero-order chi connectivity index (χ0) is 12.9. The summed E-state index contributed by atoms with van der Waals surface area (Å²) in [5.74, 6) is -1.05. The first-order valence-corrected chi connectivity index (χ1v) is 5.36. The molecule has 0 aliphatic heterocycles. The molecule has 3 N–H and O–H groups in total. The Labute approximate surface area is 99.4 Å². The van der Waals surface area contributed by atoms with Crippen molar-refractivity contribution < 1.29 is 14.7 Å². The molecule has 1 heterocycles. The highest BCUT2D eigenvalue weighted by Crippen LogP contribution is 2.24. The van der Waals surface area contributed by atoms with Gasteiger partial charge in [0, 0.05) is 12.6 Å². The molecule has 0 atom stereocenters. The first-order chi connectivity index (χ1) is 7.89. The molecule has 0 aliphatic rings. The van der Waals surface area contributed by atoms with Gasteiger partial charge in [-0.1, -0.05) is 13.8 Å². The molecule has 6 heteroatoms. The van der Waals surface area contributed by atoms with Crippen LogP contribution in [0.1, 0.15) is 32.4 Å². The highest BCUT2D eigenvalue weighted by Gasteiger charge is 2.24. The molecule has 6 nitrogen and oxygen atoms in total. The molecule has 0 fully saturated rings. The Balaban J connectivity index is 2.36. The maximum absolute atomic E-state index is 11.6. The molecular formula is C11H17N3O3. The minimum absolute atomic E-state index is 0.0233. The van der Waals surface area contributed by atoms with Gasteiger partial charge in [0.15, 0.2) is 0 Å². The van der Waals surface area contributed by atoms with E-state index >= 15 is 0 Å². The molecule has 0 unspecified atom stereocenters. The summed E-state index contributed by atoms with van der Waals surface area (Å²) in [6, 6.07) is 1.77. The van der Waals surface area contributed by atoms with E-state index < -0.39 is 11.4 Å². The number of aromatic nitrogens is 2. The molecule has 0 aliphatic carbocycles. The van der Waals surface area contributed by atoms with Crippen molar-refractivity contribution in [3.05, 3.63) is 18.0 Å². The highest BCUT2D eigenvalue weighted by molar-refractivity contribution is 5.77. The number of carbonyl (C=O) groups excluding carboxylic acids is 1. The van der Waals surface area contributed by atoms with Crippen molar-refractivity contribution in [1.29, 1.82) is 0 Å². The van der Waals surface area contributed by atoms with E-state index in [4.69, 9.17) is 5.11 Å². The summed E-state index contributed by atoms with van der Waals surface area (Å²) in [5, 5.41) is 17.9.